The molecule has 5 nitrogen and oxygen atoms in total. The summed E-state index contributed by atoms with van der Waals surface area (Å²) >= 11 is 1.62. The van der Waals surface area contributed by atoms with E-state index in [0.29, 0.717) is 16.5 Å². The topological polar surface area (TPSA) is 70.8 Å². The summed E-state index contributed by atoms with van der Waals surface area (Å²) in [5.41, 5.74) is 3.24. The molecule has 2 aromatic carbocycles. The number of carbonyl (C=O) groups excluding carboxylic acids is 1. The van der Waals surface area contributed by atoms with E-state index in [9.17, 15) is 14.7 Å². The molecule has 0 saturated heterocycles. The normalized spacial score (nSPS) is 16.1. The van der Waals surface area contributed by atoms with Crippen LogP contribution in [0.1, 0.15) is 38.9 Å². The number of hydrogen-bond donors (Lipinski definition) is 1. The highest BCUT2D eigenvalue weighted by atomic mass is 32.2. The van der Waals surface area contributed by atoms with Crippen LogP contribution in [0.3, 0.4) is 0 Å². The van der Waals surface area contributed by atoms with Crippen LogP contribution in [0.2, 0.25) is 0 Å². The van der Waals surface area contributed by atoms with Crippen molar-refractivity contribution in [2.24, 2.45) is 0 Å². The third-order valence-corrected chi connectivity index (χ3v) is 5.91. The highest BCUT2D eigenvalue weighted by Crippen LogP contribution is 2.38. The number of nitrogens with zero attached hydrogens (tertiary/aromatic N) is 1. The third-order valence-electron chi connectivity index (χ3n) is 5.17. The molecule has 1 N–H and O–H groups in total. The molecule has 4 rings (SSSR count). The van der Waals surface area contributed by atoms with Crippen molar-refractivity contribution in [2.45, 2.75) is 24.8 Å². The quantitative estimate of drug-likeness (QED) is 0.683. The van der Waals surface area contributed by atoms with Crippen molar-refractivity contribution in [3.05, 3.63) is 74.6 Å². The third kappa shape index (κ3) is 2.84. The van der Waals surface area contributed by atoms with Gasteiger partial charge in [-0.2, -0.15) is 0 Å². The summed E-state index contributed by atoms with van der Waals surface area (Å²) in [4.78, 5) is 29.1. The molecule has 3 aromatic rings. The number of hydrogen-bond acceptors (Lipinski definition) is 5. The van der Waals surface area contributed by atoms with E-state index in [0.717, 1.165) is 21.6 Å². The first-order valence-corrected chi connectivity index (χ1v) is 10.3. The molecule has 0 fully saturated rings. The molecule has 144 valence electrons. The van der Waals surface area contributed by atoms with Crippen LogP contribution >= 0.6 is 11.8 Å². The maximum absolute atomic E-state index is 13.4. The molecule has 1 aliphatic heterocycles. The molecule has 28 heavy (non-hydrogen) atoms. The molecular weight excluding hydrogens is 374 g/mol. The highest BCUT2D eigenvalue weighted by molar-refractivity contribution is 7.98. The maximum atomic E-state index is 13.4. The Morgan fingerprint density at radius 3 is 2.50 bits per heavy atom. The zero-order chi connectivity index (χ0) is 20.0. The largest absolute Gasteiger partial charge is 0.450 e. The minimum atomic E-state index is -0.563. The first kappa shape index (κ1) is 18.8. The summed E-state index contributed by atoms with van der Waals surface area (Å²) < 4.78 is 5.98. The number of carbonyl (C=O) groups is 1. The average molecular weight is 395 g/mol. The van der Waals surface area contributed by atoms with E-state index in [1.807, 2.05) is 56.5 Å². The van der Waals surface area contributed by atoms with Gasteiger partial charge in [-0.15, -0.1) is 11.8 Å². The summed E-state index contributed by atoms with van der Waals surface area (Å²) in [6.07, 6.45) is 1.99. The van der Waals surface area contributed by atoms with Gasteiger partial charge in [0.25, 0.3) is 5.91 Å². The van der Waals surface area contributed by atoms with Gasteiger partial charge < -0.3 is 14.4 Å². The van der Waals surface area contributed by atoms with E-state index in [4.69, 9.17) is 4.42 Å². The molecule has 0 radical (unpaired) electrons. The summed E-state index contributed by atoms with van der Waals surface area (Å²) in [5, 5.41) is 9.99. The van der Waals surface area contributed by atoms with Crippen LogP contribution in [-0.4, -0.2) is 35.3 Å². The summed E-state index contributed by atoms with van der Waals surface area (Å²) in [6, 6.07) is 11.0. The van der Waals surface area contributed by atoms with Crippen molar-refractivity contribution in [3.8, 4) is 0 Å². The molecule has 0 spiro atoms. The fourth-order valence-electron chi connectivity index (χ4n) is 3.95. The lowest BCUT2D eigenvalue weighted by molar-refractivity contribution is 0.0691. The fourth-order valence-corrected chi connectivity index (χ4v) is 4.35. The summed E-state index contributed by atoms with van der Waals surface area (Å²) in [6.45, 7) is 3.74. The van der Waals surface area contributed by atoms with Crippen LogP contribution in [0.25, 0.3) is 11.0 Å². The van der Waals surface area contributed by atoms with Crippen molar-refractivity contribution >= 4 is 28.6 Å². The molecule has 1 amide bonds. The minimum absolute atomic E-state index is 0.0804. The number of amides is 1. The second-order valence-corrected chi connectivity index (χ2v) is 7.91. The maximum Gasteiger partial charge on any atom is 0.290 e. The fraction of sp³-hybridized carbons (Fsp3) is 0.273. The molecule has 6 heteroatoms. The van der Waals surface area contributed by atoms with Gasteiger partial charge in [0.1, 0.15) is 5.58 Å². The van der Waals surface area contributed by atoms with Gasteiger partial charge in [-0.3, -0.25) is 9.59 Å². The lowest BCUT2D eigenvalue weighted by Gasteiger charge is -2.24. The number of aryl methyl sites for hydroxylation is 2. The summed E-state index contributed by atoms with van der Waals surface area (Å²) in [5.74, 6) is -0.279. The van der Waals surface area contributed by atoms with Gasteiger partial charge in [0.15, 0.2) is 5.43 Å². The number of aliphatic hydroxyl groups is 1. The van der Waals surface area contributed by atoms with Crippen LogP contribution in [0.15, 0.2) is 50.5 Å². The minimum Gasteiger partial charge on any atom is -0.450 e. The Balaban J connectivity index is 2.00. The number of thioether (sulfide) groups is 1. The van der Waals surface area contributed by atoms with Crippen molar-refractivity contribution in [1.82, 2.24) is 4.90 Å². The predicted octanol–water partition coefficient (Wildman–Crippen LogP) is 3.67. The number of rotatable bonds is 4. The van der Waals surface area contributed by atoms with E-state index >= 15 is 0 Å². The average Bonchev–Trinajstić information content (AvgIpc) is 2.96. The Bertz CT molecular complexity index is 1130. The highest BCUT2D eigenvalue weighted by Gasteiger charge is 2.42. The molecule has 0 bridgehead atoms. The van der Waals surface area contributed by atoms with E-state index in [1.54, 1.807) is 11.8 Å². The van der Waals surface area contributed by atoms with E-state index in [-0.39, 0.29) is 30.2 Å². The number of aliphatic hydroxyl groups excluding tert-OH is 1. The van der Waals surface area contributed by atoms with E-state index < -0.39 is 6.04 Å². The van der Waals surface area contributed by atoms with Crippen molar-refractivity contribution in [2.75, 3.05) is 19.4 Å². The second-order valence-electron chi connectivity index (χ2n) is 7.03. The van der Waals surface area contributed by atoms with Crippen LogP contribution in [0.4, 0.5) is 0 Å². The molecule has 0 saturated carbocycles. The van der Waals surface area contributed by atoms with E-state index in [1.165, 1.54) is 4.90 Å². The number of β-amino-alcohol motifs (C(OH)–C–C–N with tert-alkyl or cyclic N) is 1. The van der Waals surface area contributed by atoms with Gasteiger partial charge in [-0.25, -0.2) is 0 Å². The van der Waals surface area contributed by atoms with Gasteiger partial charge in [-0.05, 0) is 55.0 Å². The SMILES string of the molecule is CSc1ccc([C@@H]2c3c(oc4c(C)cc(C)cc4c3=O)C(=O)N2CCO)cc1. The lowest BCUT2D eigenvalue weighted by atomic mass is 9.97. The zero-order valence-electron chi connectivity index (χ0n) is 16.0. The zero-order valence-corrected chi connectivity index (χ0v) is 16.8. The van der Waals surface area contributed by atoms with Gasteiger partial charge >= 0.3 is 0 Å². The molecule has 0 aliphatic carbocycles. The smallest absolute Gasteiger partial charge is 0.290 e. The lowest BCUT2D eigenvalue weighted by Crippen LogP contribution is -2.32. The Morgan fingerprint density at radius 2 is 1.86 bits per heavy atom. The molecule has 0 unspecified atom stereocenters. The van der Waals surface area contributed by atoms with Crippen LogP contribution in [-0.2, 0) is 0 Å². The van der Waals surface area contributed by atoms with Crippen LogP contribution in [0.5, 0.6) is 0 Å². The van der Waals surface area contributed by atoms with Gasteiger partial charge in [-0.1, -0.05) is 18.2 Å². The predicted molar refractivity (Wildman–Crippen MR) is 110 cm³/mol. The Hall–Kier alpha value is -2.57. The number of fused-ring (bicyclic) bond motifs is 2. The first-order valence-electron chi connectivity index (χ1n) is 9.10. The van der Waals surface area contributed by atoms with Crippen molar-refractivity contribution in [1.29, 1.82) is 0 Å². The number of benzene rings is 2. The standard InChI is InChI=1S/C22H21NO4S/c1-12-10-13(2)20-16(11-12)19(25)17-18(14-4-6-15(28-3)7-5-14)23(8-9-24)22(26)21(17)27-20/h4-7,10-11,18,24H,8-9H2,1-3H3/t18-/m1/s1. The molecule has 1 atom stereocenters. The first-order chi connectivity index (χ1) is 13.5. The summed E-state index contributed by atoms with van der Waals surface area (Å²) in [7, 11) is 0. The van der Waals surface area contributed by atoms with Gasteiger partial charge in [0.05, 0.1) is 23.6 Å². The molecule has 1 aliphatic rings. The molecule has 2 heterocycles. The van der Waals surface area contributed by atoms with Crippen LogP contribution < -0.4 is 5.43 Å². The van der Waals surface area contributed by atoms with Crippen molar-refractivity contribution in [3.63, 3.8) is 0 Å². The van der Waals surface area contributed by atoms with E-state index in [2.05, 4.69) is 0 Å². The Labute approximate surface area is 167 Å². The van der Waals surface area contributed by atoms with Crippen LogP contribution in [0, 0.1) is 13.8 Å². The Morgan fingerprint density at radius 1 is 1.14 bits per heavy atom. The second kappa shape index (κ2) is 7.11. The van der Waals surface area contributed by atoms with Gasteiger partial charge in [0, 0.05) is 11.4 Å². The van der Waals surface area contributed by atoms with Crippen molar-refractivity contribution < 1.29 is 14.3 Å². The molecular formula is C22H21NO4S. The van der Waals surface area contributed by atoms with Gasteiger partial charge in [0.2, 0.25) is 5.76 Å². The Kier molecular flexibility index (Phi) is 4.77. The monoisotopic (exact) mass is 395 g/mol. The molecule has 1 aromatic heterocycles.